The lowest BCUT2D eigenvalue weighted by Crippen LogP contribution is -2.27. The Morgan fingerprint density at radius 2 is 2.00 bits per heavy atom. The Hall–Kier alpha value is 0.280. The molecule has 0 aliphatic heterocycles. The zero-order valence-electron chi connectivity index (χ0n) is 6.85. The van der Waals surface area contributed by atoms with Gasteiger partial charge in [-0.25, -0.2) is 0 Å². The largest absolute Gasteiger partial charge is 0.391 e. The molecule has 0 unspecified atom stereocenters. The minimum absolute atomic E-state index is 0.217. The highest BCUT2D eigenvalue weighted by Crippen LogP contribution is 2.17. The SMILES string of the molecule is C=C(C)C[C@H](O)[C@H](Cl)[C@H](C)Cl. The average molecular weight is 197 g/mol. The third-order valence-corrected chi connectivity index (χ3v) is 2.43. The molecule has 11 heavy (non-hydrogen) atoms. The lowest BCUT2D eigenvalue weighted by atomic mass is 10.1. The van der Waals surface area contributed by atoms with Gasteiger partial charge >= 0.3 is 0 Å². The number of aliphatic hydroxyl groups excluding tert-OH is 1. The Balaban J connectivity index is 3.82. The fourth-order valence-electron chi connectivity index (χ4n) is 0.776. The average Bonchev–Trinajstić information content (AvgIpc) is 1.84. The molecule has 0 heterocycles. The van der Waals surface area contributed by atoms with Crippen molar-refractivity contribution in [1.82, 2.24) is 0 Å². The molecule has 1 nitrogen and oxygen atoms in total. The van der Waals surface area contributed by atoms with Crippen LogP contribution in [0, 0.1) is 0 Å². The Labute approximate surface area is 78.0 Å². The van der Waals surface area contributed by atoms with Crippen molar-refractivity contribution in [1.29, 1.82) is 0 Å². The van der Waals surface area contributed by atoms with Crippen LogP contribution in [0.1, 0.15) is 20.3 Å². The number of hydrogen-bond acceptors (Lipinski definition) is 1. The molecule has 1 N–H and O–H groups in total. The predicted octanol–water partition coefficient (Wildman–Crippen LogP) is 2.55. The first-order chi connectivity index (χ1) is 4.95. The van der Waals surface area contributed by atoms with Gasteiger partial charge in [0, 0.05) is 5.38 Å². The van der Waals surface area contributed by atoms with Crippen molar-refractivity contribution < 1.29 is 5.11 Å². The molecule has 0 amide bonds. The summed E-state index contributed by atoms with van der Waals surface area (Å²) in [6.45, 7) is 7.29. The topological polar surface area (TPSA) is 20.2 Å². The van der Waals surface area contributed by atoms with Crippen molar-refractivity contribution in [3.05, 3.63) is 12.2 Å². The van der Waals surface area contributed by atoms with Crippen LogP contribution in [-0.2, 0) is 0 Å². The molecule has 0 aliphatic rings. The second kappa shape index (κ2) is 5.02. The summed E-state index contributed by atoms with van der Waals surface area (Å²) in [4.78, 5) is 0. The Kier molecular flexibility index (Phi) is 5.15. The summed E-state index contributed by atoms with van der Waals surface area (Å²) in [6.07, 6.45) is -0.0627. The van der Waals surface area contributed by atoms with Gasteiger partial charge in [0.25, 0.3) is 0 Å². The van der Waals surface area contributed by atoms with Crippen molar-refractivity contribution in [3.63, 3.8) is 0 Å². The Morgan fingerprint density at radius 3 is 2.27 bits per heavy atom. The maximum absolute atomic E-state index is 9.38. The van der Waals surface area contributed by atoms with Crippen LogP contribution in [0.5, 0.6) is 0 Å². The molecule has 0 rings (SSSR count). The van der Waals surface area contributed by atoms with E-state index in [2.05, 4.69) is 6.58 Å². The van der Waals surface area contributed by atoms with Gasteiger partial charge in [-0.1, -0.05) is 5.57 Å². The minimum Gasteiger partial charge on any atom is -0.391 e. The zero-order valence-corrected chi connectivity index (χ0v) is 8.36. The third-order valence-electron chi connectivity index (χ3n) is 1.36. The Morgan fingerprint density at radius 1 is 1.55 bits per heavy atom. The summed E-state index contributed by atoms with van der Waals surface area (Å²) in [5.74, 6) is 0. The third kappa shape index (κ3) is 4.67. The second-order valence-electron chi connectivity index (χ2n) is 2.85. The first kappa shape index (κ1) is 11.3. The minimum atomic E-state index is -0.582. The fraction of sp³-hybridized carbons (Fsp3) is 0.750. The lowest BCUT2D eigenvalue weighted by Gasteiger charge is -2.18. The summed E-state index contributed by atoms with van der Waals surface area (Å²) in [5, 5.41) is 8.77. The molecule has 0 aromatic carbocycles. The summed E-state index contributed by atoms with van der Waals surface area (Å²) in [5.41, 5.74) is 0.917. The molecule has 0 aromatic rings. The molecule has 3 atom stereocenters. The van der Waals surface area contributed by atoms with Gasteiger partial charge in [0.05, 0.1) is 11.5 Å². The molecule has 0 bridgehead atoms. The summed E-state index contributed by atoms with van der Waals surface area (Å²) >= 11 is 11.5. The monoisotopic (exact) mass is 196 g/mol. The maximum atomic E-state index is 9.38. The van der Waals surface area contributed by atoms with Gasteiger partial charge in [-0.2, -0.15) is 0 Å². The number of hydrogen-bond donors (Lipinski definition) is 1. The van der Waals surface area contributed by atoms with Crippen molar-refractivity contribution in [3.8, 4) is 0 Å². The van der Waals surface area contributed by atoms with Crippen molar-refractivity contribution in [2.75, 3.05) is 0 Å². The van der Waals surface area contributed by atoms with E-state index >= 15 is 0 Å². The van der Waals surface area contributed by atoms with Crippen LogP contribution in [0.25, 0.3) is 0 Å². The number of rotatable bonds is 4. The van der Waals surface area contributed by atoms with Crippen molar-refractivity contribution >= 4 is 23.2 Å². The van der Waals surface area contributed by atoms with E-state index in [0.29, 0.717) is 6.42 Å². The molecule has 66 valence electrons. The summed E-state index contributed by atoms with van der Waals surface area (Å²) in [7, 11) is 0. The van der Waals surface area contributed by atoms with Crippen LogP contribution in [-0.4, -0.2) is 22.0 Å². The van der Waals surface area contributed by atoms with Crippen LogP contribution in [0.15, 0.2) is 12.2 Å². The number of aliphatic hydroxyl groups is 1. The number of halogens is 2. The van der Waals surface area contributed by atoms with Crippen LogP contribution >= 0.6 is 23.2 Å². The van der Waals surface area contributed by atoms with E-state index in [0.717, 1.165) is 5.57 Å². The van der Waals surface area contributed by atoms with Crippen molar-refractivity contribution in [2.24, 2.45) is 0 Å². The first-order valence-electron chi connectivity index (χ1n) is 3.55. The highest BCUT2D eigenvalue weighted by molar-refractivity contribution is 6.30. The standard InChI is InChI=1S/C8H14Cl2O/c1-5(2)4-7(11)8(10)6(3)9/h6-8,11H,1,4H2,2-3H3/t6-,7-,8+/m0/s1. The van der Waals surface area contributed by atoms with E-state index in [1.165, 1.54) is 0 Å². The normalized spacial score (nSPS) is 19.0. The van der Waals surface area contributed by atoms with Gasteiger partial charge in [-0.15, -0.1) is 29.8 Å². The van der Waals surface area contributed by atoms with E-state index in [1.54, 1.807) is 6.92 Å². The molecule has 0 aromatic heterocycles. The predicted molar refractivity (Wildman–Crippen MR) is 50.4 cm³/mol. The molecular weight excluding hydrogens is 183 g/mol. The van der Waals surface area contributed by atoms with Crippen LogP contribution < -0.4 is 0 Å². The van der Waals surface area contributed by atoms with E-state index in [-0.39, 0.29) is 5.38 Å². The lowest BCUT2D eigenvalue weighted by molar-refractivity contribution is 0.169. The Bertz CT molecular complexity index is 134. The van der Waals surface area contributed by atoms with Gasteiger partial charge in [-0.3, -0.25) is 0 Å². The van der Waals surface area contributed by atoms with Gasteiger partial charge < -0.3 is 5.11 Å². The first-order valence-corrected chi connectivity index (χ1v) is 4.43. The van der Waals surface area contributed by atoms with Gasteiger partial charge in [-0.05, 0) is 20.3 Å². The smallest absolute Gasteiger partial charge is 0.0759 e. The van der Waals surface area contributed by atoms with Crippen LogP contribution in [0.4, 0.5) is 0 Å². The molecule has 0 fully saturated rings. The van der Waals surface area contributed by atoms with Crippen LogP contribution in [0.3, 0.4) is 0 Å². The van der Waals surface area contributed by atoms with Gasteiger partial charge in [0.15, 0.2) is 0 Å². The van der Waals surface area contributed by atoms with E-state index in [4.69, 9.17) is 23.2 Å². The quantitative estimate of drug-likeness (QED) is 0.542. The molecule has 0 radical (unpaired) electrons. The second-order valence-corrected chi connectivity index (χ2v) is 4.04. The van der Waals surface area contributed by atoms with Gasteiger partial charge in [0.2, 0.25) is 0 Å². The van der Waals surface area contributed by atoms with E-state index in [1.807, 2.05) is 6.92 Å². The van der Waals surface area contributed by atoms with Crippen LogP contribution in [0.2, 0.25) is 0 Å². The highest BCUT2D eigenvalue weighted by atomic mass is 35.5. The molecule has 3 heteroatoms. The highest BCUT2D eigenvalue weighted by Gasteiger charge is 2.20. The molecule has 0 saturated carbocycles. The molecule has 0 aliphatic carbocycles. The summed E-state index contributed by atoms with van der Waals surface area (Å²) < 4.78 is 0. The van der Waals surface area contributed by atoms with E-state index in [9.17, 15) is 5.11 Å². The van der Waals surface area contributed by atoms with Gasteiger partial charge in [0.1, 0.15) is 0 Å². The van der Waals surface area contributed by atoms with E-state index < -0.39 is 11.5 Å². The fourth-order valence-corrected chi connectivity index (χ4v) is 1.03. The molecule has 0 saturated heterocycles. The maximum Gasteiger partial charge on any atom is 0.0759 e. The van der Waals surface area contributed by atoms with Crippen molar-refractivity contribution in [2.45, 2.75) is 37.1 Å². The molecule has 0 spiro atoms. The molecular formula is C8H14Cl2O. The zero-order chi connectivity index (χ0) is 9.02. The number of alkyl halides is 2. The summed E-state index contributed by atoms with van der Waals surface area (Å²) in [6, 6.07) is 0.